The van der Waals surface area contributed by atoms with E-state index in [9.17, 15) is 5.11 Å². The normalized spacial score (nSPS) is 11.3. The quantitative estimate of drug-likeness (QED) is 0.545. The van der Waals surface area contributed by atoms with Gasteiger partial charge in [0.15, 0.2) is 0 Å². The molecule has 3 rings (SSSR count). The van der Waals surface area contributed by atoms with Crippen LogP contribution < -0.4 is 5.32 Å². The minimum absolute atomic E-state index is 0.154. The Morgan fingerprint density at radius 3 is 2.59 bits per heavy atom. The average molecular weight is 401 g/mol. The lowest BCUT2D eigenvalue weighted by molar-refractivity contribution is 0.299. The highest BCUT2D eigenvalue weighted by molar-refractivity contribution is 7.18. The highest BCUT2D eigenvalue weighted by atomic mass is 35.5. The van der Waals surface area contributed by atoms with Gasteiger partial charge >= 0.3 is 0 Å². The van der Waals surface area contributed by atoms with E-state index < -0.39 is 0 Å². The summed E-state index contributed by atoms with van der Waals surface area (Å²) in [5.74, 6) is 0. The molecule has 0 aliphatic heterocycles. The van der Waals surface area contributed by atoms with Crippen molar-refractivity contribution in [3.63, 3.8) is 0 Å². The Kier molecular flexibility index (Phi) is 7.02. The lowest BCUT2D eigenvalue weighted by Crippen LogP contribution is -2.25. The maximum atomic E-state index is 9.21. The smallest absolute Gasteiger partial charge is 0.124 e. The number of aliphatic hydroxyl groups is 1. The lowest BCUT2D eigenvalue weighted by Gasteiger charge is -2.07. The van der Waals surface area contributed by atoms with Gasteiger partial charge in [0.25, 0.3) is 0 Å². The predicted molar refractivity (Wildman–Crippen MR) is 116 cm³/mol. The van der Waals surface area contributed by atoms with Gasteiger partial charge in [0.2, 0.25) is 0 Å². The third-order valence-corrected chi connectivity index (χ3v) is 5.70. The molecular weight excluding hydrogens is 376 g/mol. The topological polar surface area (TPSA) is 45.2 Å². The molecule has 2 aromatic carbocycles. The molecule has 0 aliphatic carbocycles. The van der Waals surface area contributed by atoms with E-state index in [4.69, 9.17) is 16.6 Å². The Bertz CT molecular complexity index is 892. The maximum Gasteiger partial charge on any atom is 0.124 e. The predicted octanol–water partition coefficient (Wildman–Crippen LogP) is 5.21. The largest absolute Gasteiger partial charge is 0.396 e. The van der Waals surface area contributed by atoms with Crippen LogP contribution in [0.5, 0.6) is 0 Å². The van der Waals surface area contributed by atoms with Crippen molar-refractivity contribution < 1.29 is 5.11 Å². The molecule has 1 aromatic heterocycles. The van der Waals surface area contributed by atoms with Crippen molar-refractivity contribution in [1.82, 2.24) is 10.3 Å². The molecule has 5 heteroatoms. The van der Waals surface area contributed by atoms with Crippen LogP contribution in [0.25, 0.3) is 21.0 Å². The van der Waals surface area contributed by atoms with Crippen LogP contribution >= 0.6 is 22.9 Å². The van der Waals surface area contributed by atoms with Crippen molar-refractivity contribution in [3.8, 4) is 21.0 Å². The van der Waals surface area contributed by atoms with Crippen molar-refractivity contribution in [2.24, 2.45) is 0 Å². The molecule has 0 atom stereocenters. The van der Waals surface area contributed by atoms with Gasteiger partial charge in [-0.25, -0.2) is 4.98 Å². The van der Waals surface area contributed by atoms with Crippen LogP contribution in [0, 0.1) is 0 Å². The third-order valence-electron chi connectivity index (χ3n) is 4.27. The molecule has 0 radical (unpaired) electrons. The second kappa shape index (κ2) is 9.47. The summed E-state index contributed by atoms with van der Waals surface area (Å²) in [5.41, 5.74) is 4.42. The molecule has 1 heterocycles. The van der Waals surface area contributed by atoms with Crippen LogP contribution in [0.2, 0.25) is 5.02 Å². The molecule has 27 heavy (non-hydrogen) atoms. The number of hydrogen-bond donors (Lipinski definition) is 2. The Morgan fingerprint density at radius 2 is 1.85 bits per heavy atom. The highest BCUT2D eigenvalue weighted by Gasteiger charge is 2.15. The van der Waals surface area contributed by atoms with E-state index in [0.29, 0.717) is 12.5 Å². The van der Waals surface area contributed by atoms with Crippen LogP contribution in [0.1, 0.15) is 25.1 Å². The maximum absolute atomic E-state index is 9.21. The first-order valence-corrected chi connectivity index (χ1v) is 10.5. The van der Waals surface area contributed by atoms with Gasteiger partial charge in [-0.15, -0.1) is 11.3 Å². The molecule has 0 aliphatic rings. The number of nitrogens with one attached hydrogen (secondary N) is 1. The summed E-state index contributed by atoms with van der Waals surface area (Å²) in [4.78, 5) is 6.13. The van der Waals surface area contributed by atoms with Gasteiger partial charge in [0, 0.05) is 36.2 Å². The van der Waals surface area contributed by atoms with E-state index >= 15 is 0 Å². The van der Waals surface area contributed by atoms with Gasteiger partial charge < -0.3 is 10.4 Å². The molecule has 0 amide bonds. The van der Waals surface area contributed by atoms with Crippen molar-refractivity contribution >= 4 is 22.9 Å². The highest BCUT2D eigenvalue weighted by Crippen LogP contribution is 2.36. The average Bonchev–Trinajstić information content (AvgIpc) is 3.06. The fraction of sp³-hybridized carbons (Fsp3) is 0.318. The van der Waals surface area contributed by atoms with Crippen molar-refractivity contribution in [3.05, 3.63) is 64.8 Å². The van der Waals surface area contributed by atoms with E-state index in [0.717, 1.165) is 45.4 Å². The van der Waals surface area contributed by atoms with Gasteiger partial charge in [-0.3, -0.25) is 0 Å². The first-order chi connectivity index (χ1) is 13.1. The lowest BCUT2D eigenvalue weighted by atomic mass is 10.1. The van der Waals surface area contributed by atoms with Crippen molar-refractivity contribution in [1.29, 1.82) is 0 Å². The van der Waals surface area contributed by atoms with Crippen LogP contribution in [0.4, 0.5) is 0 Å². The fourth-order valence-electron chi connectivity index (χ4n) is 2.97. The zero-order valence-corrected chi connectivity index (χ0v) is 17.3. The Balaban J connectivity index is 1.97. The second-order valence-corrected chi connectivity index (χ2v) is 8.27. The minimum atomic E-state index is 0.154. The molecule has 0 fully saturated rings. The first-order valence-electron chi connectivity index (χ1n) is 9.26. The molecule has 0 saturated carbocycles. The van der Waals surface area contributed by atoms with Gasteiger partial charge in [-0.05, 0) is 35.7 Å². The molecule has 0 spiro atoms. The van der Waals surface area contributed by atoms with Gasteiger partial charge in [-0.1, -0.05) is 55.8 Å². The van der Waals surface area contributed by atoms with Crippen molar-refractivity contribution in [2.45, 2.75) is 32.7 Å². The monoisotopic (exact) mass is 400 g/mol. The number of hydrogen-bond acceptors (Lipinski definition) is 4. The van der Waals surface area contributed by atoms with Crippen LogP contribution in [-0.2, 0) is 12.8 Å². The molecule has 0 bridgehead atoms. The molecular formula is C22H25ClN2OS. The standard InChI is InChI=1S/C22H25ClN2OS/c1-15(2)24-11-9-20-21(17-6-4-8-19(23)14-17)27-22(25-20)18-7-3-5-16(13-18)10-12-26/h3-8,13-15,24,26H,9-12H2,1-2H3. The van der Waals surface area contributed by atoms with E-state index in [1.807, 2.05) is 30.3 Å². The number of thiazole rings is 1. The zero-order valence-electron chi connectivity index (χ0n) is 15.7. The number of aromatic nitrogens is 1. The van der Waals surface area contributed by atoms with Crippen LogP contribution in [0.15, 0.2) is 48.5 Å². The summed E-state index contributed by atoms with van der Waals surface area (Å²) in [6.07, 6.45) is 1.53. The summed E-state index contributed by atoms with van der Waals surface area (Å²) in [5, 5.41) is 14.4. The molecule has 2 N–H and O–H groups in total. The van der Waals surface area contributed by atoms with Gasteiger partial charge in [0.1, 0.15) is 5.01 Å². The molecule has 0 unspecified atom stereocenters. The number of benzene rings is 2. The second-order valence-electron chi connectivity index (χ2n) is 6.84. The summed E-state index contributed by atoms with van der Waals surface area (Å²) >= 11 is 7.92. The number of nitrogens with zero attached hydrogens (tertiary/aromatic N) is 1. The zero-order chi connectivity index (χ0) is 19.2. The number of halogens is 1. The Morgan fingerprint density at radius 1 is 1.07 bits per heavy atom. The molecule has 0 saturated heterocycles. The van der Waals surface area contributed by atoms with E-state index in [1.54, 1.807) is 11.3 Å². The third kappa shape index (κ3) is 5.39. The number of rotatable bonds is 8. The molecule has 3 nitrogen and oxygen atoms in total. The summed E-state index contributed by atoms with van der Waals surface area (Å²) in [7, 11) is 0. The molecule has 3 aromatic rings. The Hall–Kier alpha value is -1.72. The van der Waals surface area contributed by atoms with Crippen LogP contribution in [0.3, 0.4) is 0 Å². The van der Waals surface area contributed by atoms with E-state index in [1.165, 1.54) is 4.88 Å². The summed E-state index contributed by atoms with van der Waals surface area (Å²) < 4.78 is 0. The van der Waals surface area contributed by atoms with Crippen molar-refractivity contribution in [2.75, 3.05) is 13.2 Å². The Labute approximate surface area is 170 Å². The van der Waals surface area contributed by atoms with E-state index in [2.05, 4.69) is 37.4 Å². The van der Waals surface area contributed by atoms with Crippen LogP contribution in [-0.4, -0.2) is 29.3 Å². The van der Waals surface area contributed by atoms with Gasteiger partial charge in [0.05, 0.1) is 10.6 Å². The van der Waals surface area contributed by atoms with Gasteiger partial charge in [-0.2, -0.15) is 0 Å². The fourth-order valence-corrected chi connectivity index (χ4v) is 4.26. The minimum Gasteiger partial charge on any atom is -0.396 e. The summed E-state index contributed by atoms with van der Waals surface area (Å²) in [6.45, 7) is 5.34. The summed E-state index contributed by atoms with van der Waals surface area (Å²) in [6, 6.07) is 16.7. The number of aliphatic hydroxyl groups excluding tert-OH is 1. The SMILES string of the molecule is CC(C)NCCc1nc(-c2cccc(CCO)c2)sc1-c1cccc(Cl)c1. The van der Waals surface area contributed by atoms with E-state index in [-0.39, 0.29) is 6.61 Å². The first kappa shape index (κ1) is 20.0. The molecule has 142 valence electrons.